The molecule has 0 atom stereocenters. The first-order valence-corrected chi connectivity index (χ1v) is 9.01. The highest BCUT2D eigenvalue weighted by molar-refractivity contribution is 7.99. The van der Waals surface area contributed by atoms with Crippen LogP contribution >= 0.6 is 23.1 Å². The lowest BCUT2D eigenvalue weighted by molar-refractivity contribution is -0.118. The number of nitrogens with one attached hydrogen (secondary N) is 1. The summed E-state index contributed by atoms with van der Waals surface area (Å²) in [4.78, 5) is 12.9. The molecule has 3 rings (SSSR count). The van der Waals surface area contributed by atoms with Crippen LogP contribution in [0.15, 0.2) is 22.7 Å². The molecular formula is C14H18N4OS2. The molecule has 0 spiro atoms. The molecule has 112 valence electrons. The summed E-state index contributed by atoms with van der Waals surface area (Å²) in [6, 6.07) is 4.05. The minimum absolute atomic E-state index is 0.0789. The molecule has 2 heterocycles. The Hall–Kier alpha value is -1.34. The van der Waals surface area contributed by atoms with Crippen molar-refractivity contribution in [3.63, 3.8) is 0 Å². The fraction of sp³-hybridized carbons (Fsp3) is 0.500. The summed E-state index contributed by atoms with van der Waals surface area (Å²) < 4.78 is 2.06. The van der Waals surface area contributed by atoms with Crippen LogP contribution in [0.25, 0.3) is 10.7 Å². The average Bonchev–Trinajstić information content (AvgIpc) is 3.01. The minimum atomic E-state index is 0.0789. The van der Waals surface area contributed by atoms with Gasteiger partial charge in [-0.05, 0) is 37.1 Å². The average molecular weight is 322 g/mol. The number of hydrogen-bond donors (Lipinski definition) is 1. The first kappa shape index (κ1) is 14.6. The standard InChI is InChI=1S/C14H18N4OS2/c1-2-18-13(11-4-3-7-20-11)16-17-14(18)21-9-12(19)15-8-10-5-6-10/h3-4,7,10H,2,5-6,8-9H2,1H3,(H,15,19). The Morgan fingerprint density at radius 1 is 1.52 bits per heavy atom. The van der Waals surface area contributed by atoms with E-state index in [4.69, 9.17) is 0 Å². The maximum atomic E-state index is 11.8. The number of amides is 1. The summed E-state index contributed by atoms with van der Waals surface area (Å²) in [5.74, 6) is 2.07. The molecule has 0 bridgehead atoms. The van der Waals surface area contributed by atoms with E-state index in [2.05, 4.69) is 27.0 Å². The van der Waals surface area contributed by atoms with Crippen molar-refractivity contribution >= 4 is 29.0 Å². The van der Waals surface area contributed by atoms with Crippen LogP contribution in [0, 0.1) is 5.92 Å². The Labute approximate surface area is 132 Å². The quantitative estimate of drug-likeness (QED) is 0.796. The Bertz CT molecular complexity index is 605. The van der Waals surface area contributed by atoms with Gasteiger partial charge in [-0.15, -0.1) is 21.5 Å². The highest BCUT2D eigenvalue weighted by Crippen LogP contribution is 2.28. The van der Waals surface area contributed by atoms with E-state index in [9.17, 15) is 4.79 Å². The third-order valence-electron chi connectivity index (χ3n) is 3.39. The number of thiophene rings is 1. The lowest BCUT2D eigenvalue weighted by atomic mass is 10.4. The maximum Gasteiger partial charge on any atom is 0.230 e. The topological polar surface area (TPSA) is 59.8 Å². The predicted octanol–water partition coefficient (Wildman–Crippen LogP) is 2.64. The molecule has 0 saturated heterocycles. The molecule has 0 aliphatic heterocycles. The van der Waals surface area contributed by atoms with Crippen molar-refractivity contribution < 1.29 is 4.79 Å². The second-order valence-corrected chi connectivity index (χ2v) is 6.95. The summed E-state index contributed by atoms with van der Waals surface area (Å²) in [7, 11) is 0. The summed E-state index contributed by atoms with van der Waals surface area (Å²) in [6.07, 6.45) is 2.50. The molecule has 0 radical (unpaired) electrons. The van der Waals surface area contributed by atoms with Crippen molar-refractivity contribution in [2.75, 3.05) is 12.3 Å². The number of rotatable bonds is 7. The van der Waals surface area contributed by atoms with E-state index >= 15 is 0 Å². The molecule has 2 aromatic rings. The van der Waals surface area contributed by atoms with Crippen LogP contribution in [-0.2, 0) is 11.3 Å². The van der Waals surface area contributed by atoms with Crippen LogP contribution in [0.3, 0.4) is 0 Å². The first-order chi connectivity index (χ1) is 10.3. The molecule has 5 nitrogen and oxygen atoms in total. The molecule has 0 unspecified atom stereocenters. The first-order valence-electron chi connectivity index (χ1n) is 7.14. The maximum absolute atomic E-state index is 11.8. The van der Waals surface area contributed by atoms with E-state index in [-0.39, 0.29) is 5.91 Å². The van der Waals surface area contributed by atoms with Crippen LogP contribution in [0.5, 0.6) is 0 Å². The highest BCUT2D eigenvalue weighted by atomic mass is 32.2. The lowest BCUT2D eigenvalue weighted by Crippen LogP contribution is -2.27. The third-order valence-corrected chi connectivity index (χ3v) is 5.22. The Balaban J connectivity index is 1.61. The van der Waals surface area contributed by atoms with Crippen molar-refractivity contribution in [3.8, 4) is 10.7 Å². The molecule has 1 amide bonds. The Morgan fingerprint density at radius 3 is 3.05 bits per heavy atom. The molecule has 7 heteroatoms. The van der Waals surface area contributed by atoms with E-state index in [1.54, 1.807) is 11.3 Å². The molecular weight excluding hydrogens is 304 g/mol. The zero-order valence-electron chi connectivity index (χ0n) is 11.9. The van der Waals surface area contributed by atoms with Crippen molar-refractivity contribution in [3.05, 3.63) is 17.5 Å². The number of carbonyl (C=O) groups is 1. The Kier molecular flexibility index (Phi) is 4.60. The summed E-state index contributed by atoms with van der Waals surface area (Å²) in [5, 5.41) is 14.3. The van der Waals surface area contributed by atoms with Crippen molar-refractivity contribution in [1.29, 1.82) is 0 Å². The van der Waals surface area contributed by atoms with Crippen LogP contribution < -0.4 is 5.32 Å². The summed E-state index contributed by atoms with van der Waals surface area (Å²) in [5.41, 5.74) is 0. The van der Waals surface area contributed by atoms with Gasteiger partial charge in [-0.1, -0.05) is 17.8 Å². The molecule has 1 saturated carbocycles. The summed E-state index contributed by atoms with van der Waals surface area (Å²) >= 11 is 3.10. The number of nitrogens with zero attached hydrogens (tertiary/aromatic N) is 3. The number of thioether (sulfide) groups is 1. The normalized spacial score (nSPS) is 14.3. The van der Waals surface area contributed by atoms with Gasteiger partial charge in [-0.3, -0.25) is 4.79 Å². The van der Waals surface area contributed by atoms with Gasteiger partial charge in [0.05, 0.1) is 10.6 Å². The van der Waals surface area contributed by atoms with Crippen LogP contribution in [-0.4, -0.2) is 33.0 Å². The van der Waals surface area contributed by atoms with Gasteiger partial charge in [0.15, 0.2) is 11.0 Å². The van der Waals surface area contributed by atoms with Gasteiger partial charge in [0.2, 0.25) is 5.91 Å². The van der Waals surface area contributed by atoms with Crippen LogP contribution in [0.1, 0.15) is 19.8 Å². The highest BCUT2D eigenvalue weighted by Gasteiger charge is 2.22. The van der Waals surface area contributed by atoms with Gasteiger partial charge in [-0.25, -0.2) is 0 Å². The van der Waals surface area contributed by atoms with E-state index in [1.165, 1.54) is 24.6 Å². The van der Waals surface area contributed by atoms with Crippen molar-refractivity contribution in [2.45, 2.75) is 31.5 Å². The zero-order valence-corrected chi connectivity index (χ0v) is 13.5. The van der Waals surface area contributed by atoms with Crippen molar-refractivity contribution in [2.24, 2.45) is 5.92 Å². The van der Waals surface area contributed by atoms with Gasteiger partial charge < -0.3 is 9.88 Å². The molecule has 1 aliphatic rings. The molecule has 2 aromatic heterocycles. The fourth-order valence-electron chi connectivity index (χ4n) is 2.03. The molecule has 1 fully saturated rings. The largest absolute Gasteiger partial charge is 0.355 e. The lowest BCUT2D eigenvalue weighted by Gasteiger charge is -2.06. The zero-order chi connectivity index (χ0) is 14.7. The van der Waals surface area contributed by atoms with E-state index in [0.717, 1.165) is 28.9 Å². The van der Waals surface area contributed by atoms with Gasteiger partial charge in [0.25, 0.3) is 0 Å². The SMILES string of the molecule is CCn1c(SCC(=O)NCC2CC2)nnc1-c1cccs1. The Morgan fingerprint density at radius 2 is 2.38 bits per heavy atom. The van der Waals surface area contributed by atoms with Crippen molar-refractivity contribution in [1.82, 2.24) is 20.1 Å². The minimum Gasteiger partial charge on any atom is -0.355 e. The predicted molar refractivity (Wildman–Crippen MR) is 85.5 cm³/mol. The summed E-state index contributed by atoms with van der Waals surface area (Å²) in [6.45, 7) is 3.68. The van der Waals surface area contributed by atoms with Gasteiger partial charge in [-0.2, -0.15) is 0 Å². The second kappa shape index (κ2) is 6.62. The van der Waals surface area contributed by atoms with Gasteiger partial charge >= 0.3 is 0 Å². The van der Waals surface area contributed by atoms with Gasteiger partial charge in [0, 0.05) is 13.1 Å². The smallest absolute Gasteiger partial charge is 0.230 e. The molecule has 1 N–H and O–H groups in total. The van der Waals surface area contributed by atoms with E-state index in [1.807, 2.05) is 17.5 Å². The van der Waals surface area contributed by atoms with E-state index in [0.29, 0.717) is 11.7 Å². The molecule has 0 aromatic carbocycles. The second-order valence-electron chi connectivity index (χ2n) is 5.06. The number of hydrogen-bond acceptors (Lipinski definition) is 5. The van der Waals surface area contributed by atoms with Gasteiger partial charge in [0.1, 0.15) is 0 Å². The third kappa shape index (κ3) is 3.65. The molecule has 1 aliphatic carbocycles. The van der Waals surface area contributed by atoms with Crippen LogP contribution in [0.4, 0.5) is 0 Å². The van der Waals surface area contributed by atoms with E-state index < -0.39 is 0 Å². The van der Waals surface area contributed by atoms with Crippen LogP contribution in [0.2, 0.25) is 0 Å². The fourth-order valence-corrected chi connectivity index (χ4v) is 3.58. The number of carbonyl (C=O) groups excluding carboxylic acids is 1. The molecule has 21 heavy (non-hydrogen) atoms. The monoisotopic (exact) mass is 322 g/mol. The number of aromatic nitrogens is 3.